The van der Waals surface area contributed by atoms with Crippen LogP contribution in [0.15, 0.2) is 47.3 Å². The molecule has 26 heavy (non-hydrogen) atoms. The molecule has 0 aliphatic carbocycles. The summed E-state index contributed by atoms with van der Waals surface area (Å²) in [7, 11) is 0. The van der Waals surface area contributed by atoms with Crippen LogP contribution in [0.2, 0.25) is 0 Å². The zero-order chi connectivity index (χ0) is 18.1. The lowest BCUT2D eigenvalue weighted by Crippen LogP contribution is -2.38. The fourth-order valence-corrected chi connectivity index (χ4v) is 4.43. The van der Waals surface area contributed by atoms with Gasteiger partial charge in [-0.1, -0.05) is 35.9 Å². The van der Waals surface area contributed by atoms with E-state index in [0.717, 1.165) is 46.6 Å². The first kappa shape index (κ1) is 17.3. The molecule has 1 aromatic heterocycles. The number of hydrogen-bond acceptors (Lipinski definition) is 4. The molecule has 1 aliphatic rings. The molecular formula is C21H23N3OS. The maximum Gasteiger partial charge on any atom is 0.275 e. The Morgan fingerprint density at radius 2 is 1.77 bits per heavy atom. The molecule has 0 amide bonds. The fraction of sp³-hybridized carbons (Fsp3) is 0.333. The van der Waals surface area contributed by atoms with Gasteiger partial charge >= 0.3 is 0 Å². The molecule has 134 valence electrons. The topological polar surface area (TPSA) is 38.1 Å². The second-order valence-electron chi connectivity index (χ2n) is 6.89. The summed E-state index contributed by atoms with van der Waals surface area (Å²) in [6.07, 6.45) is 0. The third kappa shape index (κ3) is 3.29. The lowest BCUT2D eigenvalue weighted by atomic mass is 9.99. The third-order valence-corrected chi connectivity index (χ3v) is 5.90. The van der Waals surface area contributed by atoms with Crippen molar-refractivity contribution < 1.29 is 0 Å². The molecule has 0 N–H and O–H groups in total. The number of aromatic nitrogens is 2. The van der Waals surface area contributed by atoms with Crippen LogP contribution in [-0.4, -0.2) is 39.3 Å². The Balaban J connectivity index is 1.90. The summed E-state index contributed by atoms with van der Waals surface area (Å²) in [4.78, 5) is 15.3. The van der Waals surface area contributed by atoms with Gasteiger partial charge in [0.15, 0.2) is 0 Å². The Labute approximate surface area is 157 Å². The minimum atomic E-state index is -0.00659. The van der Waals surface area contributed by atoms with Gasteiger partial charge in [0.05, 0.1) is 17.7 Å². The summed E-state index contributed by atoms with van der Waals surface area (Å²) in [5.74, 6) is 2.23. The molecule has 2 heterocycles. The van der Waals surface area contributed by atoms with Crippen LogP contribution in [0.25, 0.3) is 22.0 Å². The molecule has 0 radical (unpaired) electrons. The van der Waals surface area contributed by atoms with Crippen molar-refractivity contribution in [1.82, 2.24) is 14.7 Å². The average Bonchev–Trinajstić information content (AvgIpc) is 2.67. The highest BCUT2D eigenvalue weighted by Crippen LogP contribution is 2.28. The van der Waals surface area contributed by atoms with Crippen molar-refractivity contribution in [2.24, 2.45) is 0 Å². The van der Waals surface area contributed by atoms with E-state index < -0.39 is 0 Å². The van der Waals surface area contributed by atoms with E-state index in [1.165, 1.54) is 11.1 Å². The fourth-order valence-electron chi connectivity index (χ4n) is 3.45. The van der Waals surface area contributed by atoms with Gasteiger partial charge in [0.2, 0.25) is 0 Å². The van der Waals surface area contributed by atoms with Gasteiger partial charge in [-0.3, -0.25) is 9.69 Å². The van der Waals surface area contributed by atoms with E-state index in [0.29, 0.717) is 6.67 Å². The SMILES string of the molecule is Cc1ccc(C)c(-c2nn(CN3CCSCC3)c(=O)c3ccccc23)c1. The van der Waals surface area contributed by atoms with E-state index in [-0.39, 0.29) is 5.56 Å². The van der Waals surface area contributed by atoms with Crippen LogP contribution in [0, 0.1) is 13.8 Å². The largest absolute Gasteiger partial charge is 0.283 e. The van der Waals surface area contributed by atoms with Crippen LogP contribution in [0.5, 0.6) is 0 Å². The molecule has 4 rings (SSSR count). The number of thioether (sulfide) groups is 1. The van der Waals surface area contributed by atoms with Crippen molar-refractivity contribution in [3.8, 4) is 11.3 Å². The Kier molecular flexibility index (Phi) is 4.83. The van der Waals surface area contributed by atoms with E-state index in [1.807, 2.05) is 36.0 Å². The van der Waals surface area contributed by atoms with Gasteiger partial charge < -0.3 is 0 Å². The molecule has 0 bridgehead atoms. The Bertz CT molecular complexity index is 1010. The summed E-state index contributed by atoms with van der Waals surface area (Å²) in [6.45, 7) is 6.76. The second kappa shape index (κ2) is 7.25. The van der Waals surface area contributed by atoms with Crippen LogP contribution in [0.3, 0.4) is 0 Å². The molecule has 2 aromatic carbocycles. The van der Waals surface area contributed by atoms with Crippen molar-refractivity contribution in [3.05, 3.63) is 63.9 Å². The molecule has 0 unspecified atom stereocenters. The van der Waals surface area contributed by atoms with Crippen molar-refractivity contribution in [2.75, 3.05) is 24.6 Å². The van der Waals surface area contributed by atoms with Crippen LogP contribution in [0.4, 0.5) is 0 Å². The maximum absolute atomic E-state index is 13.0. The van der Waals surface area contributed by atoms with Crippen molar-refractivity contribution in [2.45, 2.75) is 20.5 Å². The zero-order valence-corrected chi connectivity index (χ0v) is 16.1. The lowest BCUT2D eigenvalue weighted by Gasteiger charge is -2.26. The van der Waals surface area contributed by atoms with Gasteiger partial charge in [0, 0.05) is 35.5 Å². The van der Waals surface area contributed by atoms with E-state index >= 15 is 0 Å². The highest BCUT2D eigenvalue weighted by molar-refractivity contribution is 7.99. The van der Waals surface area contributed by atoms with Gasteiger partial charge in [0.1, 0.15) is 0 Å². The Morgan fingerprint density at radius 3 is 2.54 bits per heavy atom. The van der Waals surface area contributed by atoms with Crippen LogP contribution in [-0.2, 0) is 6.67 Å². The predicted molar refractivity (Wildman–Crippen MR) is 110 cm³/mol. The van der Waals surface area contributed by atoms with Crippen LogP contribution in [0.1, 0.15) is 11.1 Å². The second-order valence-corrected chi connectivity index (χ2v) is 8.11. The molecule has 0 atom stereocenters. The number of fused-ring (bicyclic) bond motifs is 1. The number of hydrogen-bond donors (Lipinski definition) is 0. The van der Waals surface area contributed by atoms with Crippen LogP contribution >= 0.6 is 11.8 Å². The number of rotatable bonds is 3. The number of benzene rings is 2. The molecule has 1 aliphatic heterocycles. The highest BCUT2D eigenvalue weighted by Gasteiger charge is 2.17. The van der Waals surface area contributed by atoms with Gasteiger partial charge in [-0.05, 0) is 31.5 Å². The van der Waals surface area contributed by atoms with Gasteiger partial charge in [-0.15, -0.1) is 0 Å². The average molecular weight is 366 g/mol. The maximum atomic E-state index is 13.0. The Hall–Kier alpha value is -2.11. The highest BCUT2D eigenvalue weighted by atomic mass is 32.2. The van der Waals surface area contributed by atoms with E-state index in [2.05, 4.69) is 36.9 Å². The molecule has 4 nitrogen and oxygen atoms in total. The van der Waals surface area contributed by atoms with E-state index in [1.54, 1.807) is 4.68 Å². The first-order valence-electron chi connectivity index (χ1n) is 9.01. The molecule has 5 heteroatoms. The van der Waals surface area contributed by atoms with Gasteiger partial charge in [-0.25, -0.2) is 4.68 Å². The monoisotopic (exact) mass is 365 g/mol. The van der Waals surface area contributed by atoms with Crippen LogP contribution < -0.4 is 5.56 Å². The molecule has 1 saturated heterocycles. The normalized spacial score (nSPS) is 15.5. The summed E-state index contributed by atoms with van der Waals surface area (Å²) in [5, 5.41) is 6.49. The molecule has 3 aromatic rings. The minimum Gasteiger partial charge on any atom is -0.283 e. The molecule has 0 spiro atoms. The summed E-state index contributed by atoms with van der Waals surface area (Å²) in [5.41, 5.74) is 4.36. The molecular weight excluding hydrogens is 342 g/mol. The summed E-state index contributed by atoms with van der Waals surface area (Å²) >= 11 is 1.97. The predicted octanol–water partition coefficient (Wildman–Crippen LogP) is 3.69. The van der Waals surface area contributed by atoms with Crippen molar-refractivity contribution in [3.63, 3.8) is 0 Å². The third-order valence-electron chi connectivity index (χ3n) is 4.95. The summed E-state index contributed by atoms with van der Waals surface area (Å²) < 4.78 is 1.65. The lowest BCUT2D eigenvalue weighted by molar-refractivity contribution is 0.224. The van der Waals surface area contributed by atoms with Gasteiger partial charge in [-0.2, -0.15) is 16.9 Å². The number of nitrogens with zero attached hydrogens (tertiary/aromatic N) is 3. The van der Waals surface area contributed by atoms with E-state index in [9.17, 15) is 4.79 Å². The van der Waals surface area contributed by atoms with Crippen molar-refractivity contribution in [1.29, 1.82) is 0 Å². The van der Waals surface area contributed by atoms with Gasteiger partial charge in [0.25, 0.3) is 5.56 Å². The smallest absolute Gasteiger partial charge is 0.275 e. The zero-order valence-electron chi connectivity index (χ0n) is 15.2. The quantitative estimate of drug-likeness (QED) is 0.710. The standard InChI is InChI=1S/C21H23N3OS/c1-15-7-8-16(2)19(13-15)20-17-5-3-4-6-18(17)21(25)24(22-20)14-23-9-11-26-12-10-23/h3-8,13H,9-12,14H2,1-2H3. The minimum absolute atomic E-state index is 0.00659. The van der Waals surface area contributed by atoms with E-state index in [4.69, 9.17) is 5.10 Å². The Morgan fingerprint density at radius 1 is 1.04 bits per heavy atom. The summed E-state index contributed by atoms with van der Waals surface area (Å²) in [6, 6.07) is 14.2. The first-order chi connectivity index (χ1) is 12.6. The molecule has 1 fully saturated rings. The molecule has 0 saturated carbocycles. The number of aryl methyl sites for hydroxylation is 2. The van der Waals surface area contributed by atoms with Crippen molar-refractivity contribution >= 4 is 22.5 Å². The first-order valence-corrected chi connectivity index (χ1v) is 10.2.